The molecule has 0 spiro atoms. The fourth-order valence-corrected chi connectivity index (χ4v) is 3.04. The lowest BCUT2D eigenvalue weighted by Gasteiger charge is -2.13. The van der Waals surface area contributed by atoms with Crippen molar-refractivity contribution in [3.8, 4) is 5.69 Å². The van der Waals surface area contributed by atoms with E-state index in [0.29, 0.717) is 0 Å². The first kappa shape index (κ1) is 19.2. The molecule has 140 valence electrons. The van der Waals surface area contributed by atoms with Gasteiger partial charge in [0.2, 0.25) is 0 Å². The van der Waals surface area contributed by atoms with Gasteiger partial charge >= 0.3 is 6.18 Å². The molecule has 1 N–H and O–H groups in total. The number of halogens is 4. The zero-order chi connectivity index (χ0) is 19.6. The molecule has 4 nitrogen and oxygen atoms in total. The second-order valence-corrected chi connectivity index (χ2v) is 6.88. The van der Waals surface area contributed by atoms with Gasteiger partial charge in [-0.25, -0.2) is 4.68 Å². The average Bonchev–Trinajstić information content (AvgIpc) is 3.06. The van der Waals surface area contributed by atoms with E-state index < -0.39 is 23.3 Å². The molecule has 3 aromatic rings. The molecule has 1 aromatic heterocycles. The van der Waals surface area contributed by atoms with Crippen molar-refractivity contribution in [2.75, 3.05) is 0 Å². The summed E-state index contributed by atoms with van der Waals surface area (Å²) in [5.41, 5.74) is 0.291. The molecule has 0 radical (unpaired) electrons. The summed E-state index contributed by atoms with van der Waals surface area (Å²) in [5, 5.41) is 6.32. The molecular formula is C19H15BrF3N3O. The molecule has 0 fully saturated rings. The highest BCUT2D eigenvalue weighted by molar-refractivity contribution is 9.10. The van der Waals surface area contributed by atoms with E-state index in [-0.39, 0.29) is 12.2 Å². The average molecular weight is 438 g/mol. The van der Waals surface area contributed by atoms with Crippen molar-refractivity contribution in [3.05, 3.63) is 81.6 Å². The summed E-state index contributed by atoms with van der Waals surface area (Å²) in [6.07, 6.45) is -3.79. The number of nitrogens with one attached hydrogen (secondary N) is 1. The number of benzene rings is 2. The van der Waals surface area contributed by atoms with Gasteiger partial charge in [0.25, 0.3) is 5.91 Å². The number of aryl methyl sites for hydroxylation is 1. The lowest BCUT2D eigenvalue weighted by Crippen LogP contribution is -2.26. The number of aromatic nitrogens is 2. The van der Waals surface area contributed by atoms with Crippen LogP contribution in [-0.2, 0) is 12.7 Å². The maximum absolute atomic E-state index is 13.6. The van der Waals surface area contributed by atoms with Gasteiger partial charge in [0.15, 0.2) is 5.69 Å². The van der Waals surface area contributed by atoms with Gasteiger partial charge in [0.1, 0.15) is 0 Å². The maximum atomic E-state index is 13.6. The standard InChI is InChI=1S/C19H15BrF3N3O/c1-12-5-7-15(8-6-12)26-17(19(21,22)23)16(11-25-26)18(27)24-10-13-3-2-4-14(20)9-13/h2-9,11H,10H2,1H3,(H,24,27). The Labute approximate surface area is 162 Å². The van der Waals surface area contributed by atoms with Crippen molar-refractivity contribution < 1.29 is 18.0 Å². The lowest BCUT2D eigenvalue weighted by molar-refractivity contribution is -0.143. The van der Waals surface area contributed by atoms with Crippen LogP contribution >= 0.6 is 15.9 Å². The maximum Gasteiger partial charge on any atom is 0.434 e. The summed E-state index contributed by atoms with van der Waals surface area (Å²) in [7, 11) is 0. The van der Waals surface area contributed by atoms with E-state index in [2.05, 4.69) is 26.3 Å². The van der Waals surface area contributed by atoms with Crippen LogP contribution in [0.15, 0.2) is 59.2 Å². The van der Waals surface area contributed by atoms with Crippen molar-refractivity contribution in [2.24, 2.45) is 0 Å². The van der Waals surface area contributed by atoms with Crippen LogP contribution in [0, 0.1) is 6.92 Å². The van der Waals surface area contributed by atoms with Crippen molar-refractivity contribution in [1.82, 2.24) is 15.1 Å². The Bertz CT molecular complexity index is 965. The number of amides is 1. The Hall–Kier alpha value is -2.61. The van der Waals surface area contributed by atoms with Crippen molar-refractivity contribution in [1.29, 1.82) is 0 Å². The zero-order valence-corrected chi connectivity index (χ0v) is 15.8. The van der Waals surface area contributed by atoms with Crippen LogP contribution in [0.2, 0.25) is 0 Å². The smallest absolute Gasteiger partial charge is 0.348 e. The predicted octanol–water partition coefficient (Wildman–Crippen LogP) is 4.89. The van der Waals surface area contributed by atoms with E-state index in [1.54, 1.807) is 30.3 Å². The molecule has 3 rings (SSSR count). The van der Waals surface area contributed by atoms with Gasteiger partial charge in [0, 0.05) is 11.0 Å². The fraction of sp³-hybridized carbons (Fsp3) is 0.158. The minimum atomic E-state index is -4.73. The van der Waals surface area contributed by atoms with Crippen LogP contribution in [0.5, 0.6) is 0 Å². The summed E-state index contributed by atoms with van der Waals surface area (Å²) in [6, 6.07) is 13.6. The van der Waals surface area contributed by atoms with Crippen molar-refractivity contribution in [2.45, 2.75) is 19.6 Å². The molecular weight excluding hydrogens is 423 g/mol. The molecule has 27 heavy (non-hydrogen) atoms. The van der Waals surface area contributed by atoms with Gasteiger partial charge in [-0.05, 0) is 36.8 Å². The number of alkyl halides is 3. The lowest BCUT2D eigenvalue weighted by atomic mass is 10.2. The topological polar surface area (TPSA) is 46.9 Å². The van der Waals surface area contributed by atoms with E-state index in [0.717, 1.165) is 26.5 Å². The van der Waals surface area contributed by atoms with Gasteiger partial charge in [0.05, 0.1) is 17.4 Å². The molecule has 1 amide bonds. The summed E-state index contributed by atoms with van der Waals surface area (Å²) in [4.78, 5) is 12.4. The third-order valence-electron chi connectivity index (χ3n) is 3.90. The largest absolute Gasteiger partial charge is 0.434 e. The van der Waals surface area contributed by atoms with Crippen molar-refractivity contribution in [3.63, 3.8) is 0 Å². The van der Waals surface area contributed by atoms with E-state index in [4.69, 9.17) is 0 Å². The Morgan fingerprint density at radius 2 is 1.89 bits per heavy atom. The van der Waals surface area contributed by atoms with Gasteiger partial charge in [-0.15, -0.1) is 0 Å². The predicted molar refractivity (Wildman–Crippen MR) is 98.6 cm³/mol. The normalized spacial score (nSPS) is 11.4. The number of carbonyl (C=O) groups is 1. The highest BCUT2D eigenvalue weighted by Gasteiger charge is 2.40. The van der Waals surface area contributed by atoms with Crippen LogP contribution in [0.3, 0.4) is 0 Å². The van der Waals surface area contributed by atoms with E-state index in [1.807, 2.05) is 13.0 Å². The minimum absolute atomic E-state index is 0.102. The summed E-state index contributed by atoms with van der Waals surface area (Å²) in [5.74, 6) is -0.833. The van der Waals surface area contributed by atoms with Crippen molar-refractivity contribution >= 4 is 21.8 Å². The zero-order valence-electron chi connectivity index (χ0n) is 14.2. The van der Waals surface area contributed by atoms with Gasteiger partial charge in [-0.3, -0.25) is 4.79 Å². The number of carbonyl (C=O) groups excluding carboxylic acids is 1. The number of nitrogens with zero attached hydrogens (tertiary/aromatic N) is 2. The Kier molecular flexibility index (Phi) is 5.36. The summed E-state index contributed by atoms with van der Waals surface area (Å²) < 4.78 is 42.5. The van der Waals surface area contributed by atoms with Gasteiger partial charge in [-0.2, -0.15) is 18.3 Å². The van der Waals surface area contributed by atoms with Crippen LogP contribution in [0.4, 0.5) is 13.2 Å². The molecule has 0 saturated carbocycles. The van der Waals surface area contributed by atoms with Crippen LogP contribution in [-0.4, -0.2) is 15.7 Å². The van der Waals surface area contributed by atoms with Crippen LogP contribution in [0.1, 0.15) is 27.2 Å². The van der Waals surface area contributed by atoms with E-state index >= 15 is 0 Å². The quantitative estimate of drug-likeness (QED) is 0.631. The molecule has 1 heterocycles. The number of rotatable bonds is 4. The molecule has 8 heteroatoms. The first-order valence-corrected chi connectivity index (χ1v) is 8.80. The molecule has 0 unspecified atom stereocenters. The molecule has 0 saturated heterocycles. The third kappa shape index (κ3) is 4.39. The third-order valence-corrected chi connectivity index (χ3v) is 4.40. The SMILES string of the molecule is Cc1ccc(-n2ncc(C(=O)NCc3cccc(Br)c3)c2C(F)(F)F)cc1. The number of hydrogen-bond acceptors (Lipinski definition) is 2. The number of hydrogen-bond donors (Lipinski definition) is 1. The summed E-state index contributed by atoms with van der Waals surface area (Å²) >= 11 is 3.31. The Morgan fingerprint density at radius 1 is 1.19 bits per heavy atom. The Balaban J connectivity index is 1.90. The van der Waals surface area contributed by atoms with E-state index in [1.165, 1.54) is 12.1 Å². The molecule has 0 atom stereocenters. The Morgan fingerprint density at radius 3 is 2.52 bits per heavy atom. The van der Waals surface area contributed by atoms with Crippen LogP contribution in [0.25, 0.3) is 5.69 Å². The fourth-order valence-electron chi connectivity index (χ4n) is 2.59. The highest BCUT2D eigenvalue weighted by Crippen LogP contribution is 2.33. The molecule has 0 bridgehead atoms. The molecule has 0 aliphatic rings. The first-order chi connectivity index (χ1) is 12.8. The second kappa shape index (κ2) is 7.56. The second-order valence-electron chi connectivity index (χ2n) is 5.96. The summed E-state index contributed by atoms with van der Waals surface area (Å²) in [6.45, 7) is 1.93. The van der Waals surface area contributed by atoms with Gasteiger partial charge in [-0.1, -0.05) is 45.8 Å². The highest BCUT2D eigenvalue weighted by atomic mass is 79.9. The molecule has 0 aliphatic carbocycles. The molecule has 0 aliphatic heterocycles. The van der Waals surface area contributed by atoms with Crippen LogP contribution < -0.4 is 5.32 Å². The first-order valence-electron chi connectivity index (χ1n) is 8.00. The van der Waals surface area contributed by atoms with E-state index in [9.17, 15) is 18.0 Å². The molecule has 2 aromatic carbocycles. The van der Waals surface area contributed by atoms with Gasteiger partial charge < -0.3 is 5.32 Å². The minimum Gasteiger partial charge on any atom is -0.348 e. The monoisotopic (exact) mass is 437 g/mol.